The van der Waals surface area contributed by atoms with E-state index >= 15 is 0 Å². The number of carbonyl (C=O) groups excluding carboxylic acids is 1. The lowest BCUT2D eigenvalue weighted by Gasteiger charge is -2.17. The molecular formula is C15H14ClFN2O3. The van der Waals surface area contributed by atoms with Crippen LogP contribution in [0.2, 0.25) is 5.02 Å². The van der Waals surface area contributed by atoms with Gasteiger partial charge in [-0.15, -0.1) is 0 Å². The number of hydrogen-bond acceptors (Lipinski definition) is 3. The van der Waals surface area contributed by atoms with Gasteiger partial charge in [-0.25, -0.2) is 4.39 Å². The Morgan fingerprint density at radius 3 is 2.73 bits per heavy atom. The van der Waals surface area contributed by atoms with Gasteiger partial charge in [0.2, 0.25) is 0 Å². The van der Waals surface area contributed by atoms with Crippen LogP contribution in [0, 0.1) is 12.7 Å². The average Bonchev–Trinajstić information content (AvgIpc) is 2.47. The smallest absolute Gasteiger partial charge is 0.260 e. The number of carbonyl (C=O) groups is 1. The predicted molar refractivity (Wildman–Crippen MR) is 80.5 cm³/mol. The number of aromatic nitrogens is 1. The molecule has 1 atom stereocenters. The molecule has 0 spiro atoms. The molecule has 0 aliphatic rings. The van der Waals surface area contributed by atoms with Crippen LogP contribution in [0.1, 0.15) is 27.7 Å². The Labute approximate surface area is 130 Å². The summed E-state index contributed by atoms with van der Waals surface area (Å²) in [6.45, 7) is 1.24. The summed E-state index contributed by atoms with van der Waals surface area (Å²) in [4.78, 5) is 26.4. The maximum atomic E-state index is 13.5. The van der Waals surface area contributed by atoms with Gasteiger partial charge in [-0.1, -0.05) is 17.7 Å². The number of amides is 1. The van der Waals surface area contributed by atoms with Crippen molar-refractivity contribution in [2.24, 2.45) is 0 Å². The molecule has 0 unspecified atom stereocenters. The minimum atomic E-state index is -0.847. The van der Waals surface area contributed by atoms with Crippen molar-refractivity contribution in [1.29, 1.82) is 0 Å². The van der Waals surface area contributed by atoms with Crippen LogP contribution in [0.3, 0.4) is 0 Å². The van der Waals surface area contributed by atoms with E-state index in [0.717, 1.165) is 6.07 Å². The van der Waals surface area contributed by atoms with Crippen molar-refractivity contribution in [3.05, 3.63) is 68.3 Å². The van der Waals surface area contributed by atoms with E-state index in [-0.39, 0.29) is 10.6 Å². The zero-order valence-electron chi connectivity index (χ0n) is 11.7. The summed E-state index contributed by atoms with van der Waals surface area (Å²) >= 11 is 5.60. The Hall–Kier alpha value is -2.18. The van der Waals surface area contributed by atoms with E-state index in [0.29, 0.717) is 11.3 Å². The first-order valence-corrected chi connectivity index (χ1v) is 6.86. The lowest BCUT2D eigenvalue weighted by atomic mass is 10.1. The van der Waals surface area contributed by atoms with Crippen LogP contribution in [0.4, 0.5) is 4.39 Å². The molecular weight excluding hydrogens is 311 g/mol. The summed E-state index contributed by atoms with van der Waals surface area (Å²) in [5.41, 5.74) is 0.358. The van der Waals surface area contributed by atoms with Gasteiger partial charge < -0.3 is 15.4 Å². The highest BCUT2D eigenvalue weighted by Gasteiger charge is 2.18. The maximum Gasteiger partial charge on any atom is 0.260 e. The van der Waals surface area contributed by atoms with Crippen molar-refractivity contribution in [2.75, 3.05) is 6.61 Å². The van der Waals surface area contributed by atoms with Crippen molar-refractivity contribution >= 4 is 17.5 Å². The van der Waals surface area contributed by atoms with E-state index < -0.39 is 29.9 Å². The third kappa shape index (κ3) is 3.52. The summed E-state index contributed by atoms with van der Waals surface area (Å²) < 4.78 is 13.5. The number of benzene rings is 1. The van der Waals surface area contributed by atoms with Crippen LogP contribution in [-0.4, -0.2) is 22.6 Å². The number of rotatable bonds is 4. The van der Waals surface area contributed by atoms with Crippen LogP contribution in [0.5, 0.6) is 0 Å². The van der Waals surface area contributed by atoms with E-state index in [1.807, 2.05) is 0 Å². The lowest BCUT2D eigenvalue weighted by Crippen LogP contribution is -2.34. The SMILES string of the molecule is Cc1ccc(C(=O)N[C@H](CO)c2ccc(Cl)c(F)c2)c(=O)[nH]1. The number of hydrogen-bond donors (Lipinski definition) is 3. The molecule has 0 saturated carbocycles. The lowest BCUT2D eigenvalue weighted by molar-refractivity contribution is 0.0914. The van der Waals surface area contributed by atoms with Crippen LogP contribution >= 0.6 is 11.6 Å². The fraction of sp³-hybridized carbons (Fsp3) is 0.200. The van der Waals surface area contributed by atoms with E-state index in [9.17, 15) is 19.1 Å². The van der Waals surface area contributed by atoms with Gasteiger partial charge in [-0.05, 0) is 36.8 Å². The quantitative estimate of drug-likeness (QED) is 0.804. The van der Waals surface area contributed by atoms with Crippen molar-refractivity contribution < 1.29 is 14.3 Å². The van der Waals surface area contributed by atoms with E-state index in [2.05, 4.69) is 10.3 Å². The highest BCUT2D eigenvalue weighted by atomic mass is 35.5. The molecule has 22 heavy (non-hydrogen) atoms. The number of nitrogens with one attached hydrogen (secondary N) is 2. The van der Waals surface area contributed by atoms with Gasteiger partial charge in [0, 0.05) is 5.69 Å². The molecule has 1 aromatic heterocycles. The average molecular weight is 325 g/mol. The Kier molecular flexibility index (Phi) is 4.95. The molecule has 3 N–H and O–H groups in total. The zero-order chi connectivity index (χ0) is 16.3. The summed E-state index contributed by atoms with van der Waals surface area (Å²) in [7, 11) is 0. The number of pyridine rings is 1. The fourth-order valence-corrected chi connectivity index (χ4v) is 2.07. The van der Waals surface area contributed by atoms with Gasteiger partial charge in [0.05, 0.1) is 17.7 Å². The number of aliphatic hydroxyl groups is 1. The van der Waals surface area contributed by atoms with Crippen LogP contribution in [0.15, 0.2) is 35.1 Å². The largest absolute Gasteiger partial charge is 0.394 e. The molecule has 0 radical (unpaired) electrons. The minimum absolute atomic E-state index is 0.0539. The van der Waals surface area contributed by atoms with Crippen LogP contribution in [0.25, 0.3) is 0 Å². The standard InChI is InChI=1S/C15H14ClFN2O3/c1-8-2-4-10(14(21)18-8)15(22)19-13(7-20)9-3-5-11(16)12(17)6-9/h2-6,13,20H,7H2,1H3,(H,18,21)(H,19,22)/t13-/m1/s1. The molecule has 2 aromatic rings. The van der Waals surface area contributed by atoms with Crippen molar-refractivity contribution in [2.45, 2.75) is 13.0 Å². The van der Waals surface area contributed by atoms with Crippen LogP contribution < -0.4 is 10.9 Å². The summed E-state index contributed by atoms with van der Waals surface area (Å²) in [5.74, 6) is -1.31. The van der Waals surface area contributed by atoms with Gasteiger partial charge in [0.15, 0.2) is 0 Å². The number of aromatic amines is 1. The molecule has 7 heteroatoms. The second-order valence-electron chi connectivity index (χ2n) is 4.77. The van der Waals surface area contributed by atoms with Gasteiger partial charge >= 0.3 is 0 Å². The molecule has 0 saturated heterocycles. The minimum Gasteiger partial charge on any atom is -0.394 e. The van der Waals surface area contributed by atoms with Crippen molar-refractivity contribution in [3.8, 4) is 0 Å². The predicted octanol–water partition coefficient (Wildman–Crippen LogP) is 1.94. The van der Waals surface area contributed by atoms with Crippen LogP contribution in [-0.2, 0) is 0 Å². The summed E-state index contributed by atoms with van der Waals surface area (Å²) in [5, 5.41) is 11.8. The molecule has 0 aliphatic carbocycles. The second kappa shape index (κ2) is 6.72. The third-order valence-electron chi connectivity index (χ3n) is 3.13. The highest BCUT2D eigenvalue weighted by molar-refractivity contribution is 6.30. The molecule has 1 aromatic carbocycles. The molecule has 0 bridgehead atoms. The van der Waals surface area contributed by atoms with E-state index in [4.69, 9.17) is 11.6 Å². The summed E-state index contributed by atoms with van der Waals surface area (Å²) in [6.07, 6.45) is 0. The zero-order valence-corrected chi connectivity index (χ0v) is 12.4. The topological polar surface area (TPSA) is 82.2 Å². The van der Waals surface area contributed by atoms with Crippen molar-refractivity contribution in [3.63, 3.8) is 0 Å². The Morgan fingerprint density at radius 1 is 1.41 bits per heavy atom. The van der Waals surface area contributed by atoms with E-state index in [1.165, 1.54) is 18.2 Å². The number of aliphatic hydroxyl groups excluding tert-OH is 1. The van der Waals surface area contributed by atoms with Gasteiger partial charge in [-0.2, -0.15) is 0 Å². The maximum absolute atomic E-state index is 13.5. The molecule has 0 fully saturated rings. The monoisotopic (exact) mass is 324 g/mol. The third-order valence-corrected chi connectivity index (χ3v) is 3.44. The summed E-state index contributed by atoms with van der Waals surface area (Å²) in [6, 6.07) is 6.08. The Balaban J connectivity index is 2.24. The molecule has 2 rings (SSSR count). The fourth-order valence-electron chi connectivity index (χ4n) is 1.95. The molecule has 5 nitrogen and oxygen atoms in total. The van der Waals surface area contributed by atoms with Gasteiger partial charge in [0.1, 0.15) is 11.4 Å². The Morgan fingerprint density at radius 2 is 2.14 bits per heavy atom. The number of aryl methyl sites for hydroxylation is 1. The first-order valence-electron chi connectivity index (χ1n) is 6.49. The molecule has 1 amide bonds. The molecule has 1 heterocycles. The van der Waals surface area contributed by atoms with Crippen molar-refractivity contribution in [1.82, 2.24) is 10.3 Å². The van der Waals surface area contributed by atoms with Gasteiger partial charge in [-0.3, -0.25) is 9.59 Å². The number of H-pyrrole nitrogens is 1. The molecule has 116 valence electrons. The number of halogens is 2. The van der Waals surface area contributed by atoms with E-state index in [1.54, 1.807) is 13.0 Å². The first-order chi connectivity index (χ1) is 10.4. The normalized spacial score (nSPS) is 12.0. The molecule has 0 aliphatic heterocycles. The highest BCUT2D eigenvalue weighted by Crippen LogP contribution is 2.20. The second-order valence-corrected chi connectivity index (χ2v) is 5.17. The Bertz CT molecular complexity index is 761. The van der Waals surface area contributed by atoms with Gasteiger partial charge in [0.25, 0.3) is 11.5 Å². The first kappa shape index (κ1) is 16.2.